The Labute approximate surface area is 172 Å². The molecule has 2 aliphatic heterocycles. The molecule has 2 N–H and O–H groups in total. The van der Waals surface area contributed by atoms with E-state index in [1.165, 1.54) is 7.11 Å². The number of β-amino-alcohol motifs (C(OH)–C–C–N with tert-alkyl or cyclic N) is 1. The molecule has 2 saturated heterocycles. The molecule has 1 aromatic heterocycles. The van der Waals surface area contributed by atoms with E-state index in [9.17, 15) is 14.7 Å². The van der Waals surface area contributed by atoms with Gasteiger partial charge < -0.3 is 25.0 Å². The fourth-order valence-electron chi connectivity index (χ4n) is 4.37. The number of aromatic nitrogens is 1. The van der Waals surface area contributed by atoms with Crippen LogP contribution in [0.25, 0.3) is 0 Å². The van der Waals surface area contributed by atoms with Crippen molar-refractivity contribution in [3.63, 3.8) is 0 Å². The van der Waals surface area contributed by atoms with E-state index in [1.54, 1.807) is 30.2 Å². The maximum atomic E-state index is 12.9. The normalized spacial score (nSPS) is 24.0. The minimum Gasteiger partial charge on any atom is -0.480 e. The second kappa shape index (κ2) is 9.54. The first-order valence-corrected chi connectivity index (χ1v) is 10.4. The van der Waals surface area contributed by atoms with Crippen LogP contribution in [-0.4, -0.2) is 83.2 Å². The zero-order valence-corrected chi connectivity index (χ0v) is 17.4. The topological polar surface area (TPSA) is 95.0 Å². The number of nitrogens with zero attached hydrogens (tertiary/aromatic N) is 3. The van der Waals surface area contributed by atoms with Crippen LogP contribution in [0.5, 0.6) is 5.88 Å². The molecule has 0 spiro atoms. The van der Waals surface area contributed by atoms with Crippen molar-refractivity contribution in [2.45, 2.75) is 50.7 Å². The molecule has 29 heavy (non-hydrogen) atoms. The first-order valence-electron chi connectivity index (χ1n) is 10.4. The number of pyridine rings is 1. The summed E-state index contributed by atoms with van der Waals surface area (Å²) >= 11 is 0. The van der Waals surface area contributed by atoms with Gasteiger partial charge in [-0.2, -0.15) is 0 Å². The second-order valence-corrected chi connectivity index (χ2v) is 8.18. The van der Waals surface area contributed by atoms with Gasteiger partial charge in [0.1, 0.15) is 5.56 Å². The van der Waals surface area contributed by atoms with Crippen LogP contribution in [0, 0.1) is 0 Å². The Morgan fingerprint density at radius 1 is 1.28 bits per heavy atom. The molecule has 0 radical (unpaired) electrons. The highest BCUT2D eigenvalue weighted by atomic mass is 16.5. The number of carbonyl (C=O) groups is 2. The van der Waals surface area contributed by atoms with E-state index in [2.05, 4.69) is 15.2 Å². The Morgan fingerprint density at radius 3 is 2.72 bits per heavy atom. The summed E-state index contributed by atoms with van der Waals surface area (Å²) in [5.41, 5.74) is -0.338. The summed E-state index contributed by atoms with van der Waals surface area (Å²) in [6.07, 6.45) is 5.39. The molecule has 0 saturated carbocycles. The molecule has 8 heteroatoms. The molecule has 2 amide bonds. The first-order chi connectivity index (χ1) is 13.9. The van der Waals surface area contributed by atoms with Gasteiger partial charge in [-0.1, -0.05) is 0 Å². The Hall–Kier alpha value is -2.19. The molecule has 2 fully saturated rings. The molecule has 8 nitrogen and oxygen atoms in total. The van der Waals surface area contributed by atoms with Gasteiger partial charge in [0.2, 0.25) is 11.8 Å². The Morgan fingerprint density at radius 2 is 2.03 bits per heavy atom. The van der Waals surface area contributed by atoms with Gasteiger partial charge in [0.25, 0.3) is 5.91 Å². The van der Waals surface area contributed by atoms with Crippen LogP contribution < -0.4 is 10.1 Å². The average molecular weight is 405 g/mol. The standard InChI is InChI=1S/C21H32N4O4/c1-16(26)23-17-6-12-24(13-7-17)15-21(28)8-4-11-25(14-9-21)20(27)18-5-3-10-22-19(18)29-2/h3,5,10,17,28H,4,6-9,11-15H2,1-2H3,(H,23,26)/t21-/m1/s1. The molecule has 0 unspecified atom stereocenters. The number of aliphatic hydroxyl groups is 1. The smallest absolute Gasteiger partial charge is 0.259 e. The molecule has 160 valence electrons. The van der Waals surface area contributed by atoms with Crippen molar-refractivity contribution < 1.29 is 19.4 Å². The molecule has 3 rings (SSSR count). The first kappa shape index (κ1) is 21.5. The average Bonchev–Trinajstić information content (AvgIpc) is 2.90. The van der Waals surface area contributed by atoms with Crippen LogP contribution in [0.3, 0.4) is 0 Å². The molecule has 0 aromatic carbocycles. The van der Waals surface area contributed by atoms with Crippen LogP contribution in [0.1, 0.15) is 49.4 Å². The summed E-state index contributed by atoms with van der Waals surface area (Å²) in [6, 6.07) is 3.69. The second-order valence-electron chi connectivity index (χ2n) is 8.18. The third-order valence-electron chi connectivity index (χ3n) is 5.91. The van der Waals surface area contributed by atoms with E-state index >= 15 is 0 Å². The number of amides is 2. The van der Waals surface area contributed by atoms with E-state index in [-0.39, 0.29) is 17.9 Å². The molecule has 0 aliphatic carbocycles. The van der Waals surface area contributed by atoms with Crippen LogP contribution in [0.15, 0.2) is 18.3 Å². The summed E-state index contributed by atoms with van der Waals surface area (Å²) in [5, 5.41) is 14.2. The maximum absolute atomic E-state index is 12.9. The van der Waals surface area contributed by atoms with Gasteiger partial charge in [0.05, 0.1) is 12.7 Å². The van der Waals surface area contributed by atoms with Crippen molar-refractivity contribution in [3.8, 4) is 5.88 Å². The van der Waals surface area contributed by atoms with Gasteiger partial charge in [-0.25, -0.2) is 4.98 Å². The number of carbonyl (C=O) groups excluding carboxylic acids is 2. The van der Waals surface area contributed by atoms with E-state index in [0.29, 0.717) is 43.9 Å². The van der Waals surface area contributed by atoms with Crippen LogP contribution in [0.4, 0.5) is 0 Å². The molecule has 2 aliphatic rings. The Kier molecular flexibility index (Phi) is 7.08. The summed E-state index contributed by atoms with van der Waals surface area (Å²) in [4.78, 5) is 32.3. The van der Waals surface area contributed by atoms with E-state index in [1.807, 2.05) is 0 Å². The van der Waals surface area contributed by atoms with Crippen molar-refractivity contribution in [3.05, 3.63) is 23.9 Å². The molecule has 3 heterocycles. The maximum Gasteiger partial charge on any atom is 0.259 e. The zero-order valence-electron chi connectivity index (χ0n) is 17.4. The van der Waals surface area contributed by atoms with Gasteiger partial charge in [0, 0.05) is 51.9 Å². The van der Waals surface area contributed by atoms with E-state index in [0.717, 1.165) is 32.4 Å². The largest absolute Gasteiger partial charge is 0.480 e. The number of likely N-dealkylation sites (tertiary alicyclic amines) is 2. The highest BCUT2D eigenvalue weighted by molar-refractivity contribution is 5.96. The van der Waals surface area contributed by atoms with Crippen molar-refractivity contribution in [2.75, 3.05) is 39.8 Å². The summed E-state index contributed by atoms with van der Waals surface area (Å²) in [6.45, 7) is 5.01. The van der Waals surface area contributed by atoms with E-state index in [4.69, 9.17) is 4.74 Å². The third kappa shape index (κ3) is 5.67. The highest BCUT2D eigenvalue weighted by Gasteiger charge is 2.35. The van der Waals surface area contributed by atoms with Gasteiger partial charge in [-0.15, -0.1) is 0 Å². The predicted octanol–water partition coefficient (Wildman–Crippen LogP) is 1.05. The number of nitrogens with one attached hydrogen (secondary N) is 1. The quantitative estimate of drug-likeness (QED) is 0.762. The number of hydrogen-bond donors (Lipinski definition) is 2. The van der Waals surface area contributed by atoms with Gasteiger partial charge >= 0.3 is 0 Å². The minimum absolute atomic E-state index is 0.0147. The molecular weight excluding hydrogens is 372 g/mol. The Bertz CT molecular complexity index is 720. The lowest BCUT2D eigenvalue weighted by Gasteiger charge is -2.38. The molecular formula is C21H32N4O4. The van der Waals surface area contributed by atoms with E-state index < -0.39 is 5.60 Å². The van der Waals surface area contributed by atoms with Crippen molar-refractivity contribution >= 4 is 11.8 Å². The van der Waals surface area contributed by atoms with Gasteiger partial charge in [-0.3, -0.25) is 9.59 Å². The van der Waals surface area contributed by atoms with Crippen LogP contribution in [-0.2, 0) is 4.79 Å². The SMILES string of the molecule is COc1ncccc1C(=O)N1CCC[C@](O)(CN2CCC(NC(C)=O)CC2)CC1. The van der Waals surface area contributed by atoms with Crippen molar-refractivity contribution in [2.24, 2.45) is 0 Å². The third-order valence-corrected chi connectivity index (χ3v) is 5.91. The Balaban J connectivity index is 1.55. The lowest BCUT2D eigenvalue weighted by molar-refractivity contribution is -0.120. The predicted molar refractivity (Wildman–Crippen MR) is 109 cm³/mol. The summed E-state index contributed by atoms with van der Waals surface area (Å²) in [5.74, 6) is 0.246. The number of piperidine rings is 1. The van der Waals surface area contributed by atoms with Crippen molar-refractivity contribution in [1.82, 2.24) is 20.1 Å². The monoisotopic (exact) mass is 404 g/mol. The highest BCUT2D eigenvalue weighted by Crippen LogP contribution is 2.27. The lowest BCUT2D eigenvalue weighted by atomic mass is 9.93. The number of methoxy groups -OCH3 is 1. The number of hydrogen-bond acceptors (Lipinski definition) is 6. The zero-order chi connectivity index (χ0) is 20.9. The van der Waals surface area contributed by atoms with Gasteiger partial charge in [-0.05, 0) is 44.2 Å². The molecule has 0 bridgehead atoms. The minimum atomic E-state index is -0.797. The number of rotatable bonds is 5. The van der Waals surface area contributed by atoms with Crippen molar-refractivity contribution in [1.29, 1.82) is 0 Å². The molecule has 1 aromatic rings. The van der Waals surface area contributed by atoms with Crippen LogP contribution >= 0.6 is 0 Å². The lowest BCUT2D eigenvalue weighted by Crippen LogP contribution is -2.50. The summed E-state index contributed by atoms with van der Waals surface area (Å²) < 4.78 is 5.22. The summed E-state index contributed by atoms with van der Waals surface area (Å²) in [7, 11) is 1.51. The fraction of sp³-hybridized carbons (Fsp3) is 0.667. The number of ether oxygens (including phenoxy) is 1. The fourth-order valence-corrected chi connectivity index (χ4v) is 4.37. The van der Waals surface area contributed by atoms with Crippen LogP contribution in [0.2, 0.25) is 0 Å². The molecule has 1 atom stereocenters. The van der Waals surface area contributed by atoms with Gasteiger partial charge in [0.15, 0.2) is 0 Å².